The first kappa shape index (κ1) is 19.4. The number of rotatable bonds is 15. The Kier molecular flexibility index (Phi) is 14.4. The van der Waals surface area contributed by atoms with Crippen molar-refractivity contribution in [2.45, 2.75) is 83.5 Å². The van der Waals surface area contributed by atoms with Crippen molar-refractivity contribution < 1.29 is 4.79 Å². The van der Waals surface area contributed by atoms with Gasteiger partial charge in [0.25, 0.3) is 0 Å². The summed E-state index contributed by atoms with van der Waals surface area (Å²) in [5, 5.41) is 0. The van der Waals surface area contributed by atoms with Gasteiger partial charge in [0.05, 0.1) is 0 Å². The molecule has 0 bridgehead atoms. The van der Waals surface area contributed by atoms with Crippen LogP contribution in [-0.4, -0.2) is 31.4 Å². The number of hydrogen-bond acceptors (Lipinski definition) is 2. The summed E-state index contributed by atoms with van der Waals surface area (Å²) in [5.74, 6) is -0.157. The van der Waals surface area contributed by atoms with E-state index in [1.807, 2.05) is 0 Å². The molecule has 0 aromatic carbocycles. The molecule has 20 heavy (non-hydrogen) atoms. The third-order valence-corrected chi connectivity index (χ3v) is 3.78. The summed E-state index contributed by atoms with van der Waals surface area (Å²) in [6.45, 7) is 1.23. The molecule has 120 valence electrons. The standard InChI is InChI=1S/C17H36N2O/c1-19(2)16-14-12-10-8-6-4-3-5-7-9-11-13-15-17(18)20/h3-16H2,1-2H3,(H2,18,20). The van der Waals surface area contributed by atoms with E-state index >= 15 is 0 Å². The van der Waals surface area contributed by atoms with Crippen LogP contribution >= 0.6 is 0 Å². The first-order valence-corrected chi connectivity index (χ1v) is 8.56. The van der Waals surface area contributed by atoms with E-state index < -0.39 is 0 Å². The van der Waals surface area contributed by atoms with Crippen LogP contribution in [0.1, 0.15) is 83.5 Å². The number of hydrogen-bond donors (Lipinski definition) is 1. The monoisotopic (exact) mass is 284 g/mol. The summed E-state index contributed by atoms with van der Waals surface area (Å²) >= 11 is 0. The smallest absolute Gasteiger partial charge is 0.217 e. The molecule has 0 aliphatic carbocycles. The Bertz CT molecular complexity index is 217. The van der Waals surface area contributed by atoms with Crippen LogP contribution in [0.3, 0.4) is 0 Å². The number of nitrogens with two attached hydrogens (primary N) is 1. The summed E-state index contributed by atoms with van der Waals surface area (Å²) in [4.78, 5) is 12.8. The van der Waals surface area contributed by atoms with E-state index in [0.717, 1.165) is 12.8 Å². The van der Waals surface area contributed by atoms with Crippen molar-refractivity contribution in [3.63, 3.8) is 0 Å². The Morgan fingerprint density at radius 1 is 0.700 bits per heavy atom. The molecule has 0 aromatic heterocycles. The highest BCUT2D eigenvalue weighted by Gasteiger charge is 1.96. The van der Waals surface area contributed by atoms with Crippen molar-refractivity contribution in [2.24, 2.45) is 5.73 Å². The number of carbonyl (C=O) groups excluding carboxylic acids is 1. The fourth-order valence-electron chi connectivity index (χ4n) is 2.50. The molecule has 3 nitrogen and oxygen atoms in total. The van der Waals surface area contributed by atoms with E-state index in [2.05, 4.69) is 19.0 Å². The molecule has 0 radical (unpaired) electrons. The highest BCUT2D eigenvalue weighted by atomic mass is 16.1. The SMILES string of the molecule is CN(C)CCCCCCCCCCCCCCC(N)=O. The lowest BCUT2D eigenvalue weighted by atomic mass is 10.0. The largest absolute Gasteiger partial charge is 0.370 e. The average Bonchev–Trinajstić information content (AvgIpc) is 2.38. The Morgan fingerprint density at radius 3 is 1.40 bits per heavy atom. The van der Waals surface area contributed by atoms with Crippen LogP contribution in [0.4, 0.5) is 0 Å². The lowest BCUT2D eigenvalue weighted by Gasteiger charge is -2.08. The molecule has 0 spiro atoms. The highest BCUT2D eigenvalue weighted by molar-refractivity contribution is 5.73. The second kappa shape index (κ2) is 14.8. The molecule has 0 atom stereocenters. The van der Waals surface area contributed by atoms with Gasteiger partial charge in [0.1, 0.15) is 0 Å². The van der Waals surface area contributed by atoms with Crippen LogP contribution in [0.2, 0.25) is 0 Å². The molecule has 0 aromatic rings. The molecule has 0 unspecified atom stereocenters. The molecule has 1 amide bonds. The van der Waals surface area contributed by atoms with Crippen molar-refractivity contribution in [1.82, 2.24) is 4.90 Å². The van der Waals surface area contributed by atoms with Gasteiger partial charge in [-0.05, 0) is 33.5 Å². The predicted octanol–water partition coefficient (Wildman–Crippen LogP) is 4.10. The second-order valence-corrected chi connectivity index (χ2v) is 6.26. The summed E-state index contributed by atoms with van der Waals surface area (Å²) in [6.07, 6.45) is 16.4. The molecule has 0 aliphatic rings. The summed E-state index contributed by atoms with van der Waals surface area (Å²) in [5.41, 5.74) is 5.11. The fourth-order valence-corrected chi connectivity index (χ4v) is 2.50. The van der Waals surface area contributed by atoms with Crippen LogP contribution in [0.5, 0.6) is 0 Å². The number of carbonyl (C=O) groups is 1. The summed E-state index contributed by atoms with van der Waals surface area (Å²) < 4.78 is 0. The Morgan fingerprint density at radius 2 is 1.05 bits per heavy atom. The van der Waals surface area contributed by atoms with Crippen LogP contribution in [0, 0.1) is 0 Å². The molecule has 0 saturated heterocycles. The molecular formula is C17H36N2O. The van der Waals surface area contributed by atoms with E-state index in [4.69, 9.17) is 5.73 Å². The van der Waals surface area contributed by atoms with Gasteiger partial charge in [-0.2, -0.15) is 0 Å². The number of primary amides is 1. The van der Waals surface area contributed by atoms with Crippen molar-refractivity contribution in [3.8, 4) is 0 Å². The minimum Gasteiger partial charge on any atom is -0.370 e. The van der Waals surface area contributed by atoms with E-state index in [0.29, 0.717) is 6.42 Å². The van der Waals surface area contributed by atoms with E-state index in [1.54, 1.807) is 0 Å². The zero-order valence-electron chi connectivity index (χ0n) is 13.8. The normalized spacial score (nSPS) is 11.2. The molecule has 0 rings (SSSR count). The van der Waals surface area contributed by atoms with Gasteiger partial charge in [-0.1, -0.05) is 64.2 Å². The Balaban J connectivity index is 2.97. The maximum absolute atomic E-state index is 10.6. The topological polar surface area (TPSA) is 46.3 Å². The van der Waals surface area contributed by atoms with E-state index in [-0.39, 0.29) is 5.91 Å². The average molecular weight is 284 g/mol. The Hall–Kier alpha value is -0.570. The minimum absolute atomic E-state index is 0.157. The van der Waals surface area contributed by atoms with Gasteiger partial charge in [0, 0.05) is 6.42 Å². The zero-order chi connectivity index (χ0) is 15.1. The first-order valence-electron chi connectivity index (χ1n) is 8.56. The molecular weight excluding hydrogens is 248 g/mol. The number of amides is 1. The Labute approximate surface area is 126 Å². The molecule has 0 aliphatic heterocycles. The van der Waals surface area contributed by atoms with Gasteiger partial charge < -0.3 is 10.6 Å². The van der Waals surface area contributed by atoms with Gasteiger partial charge >= 0.3 is 0 Å². The van der Waals surface area contributed by atoms with Crippen LogP contribution < -0.4 is 5.73 Å². The third kappa shape index (κ3) is 17.4. The van der Waals surface area contributed by atoms with Gasteiger partial charge in [-0.25, -0.2) is 0 Å². The second-order valence-electron chi connectivity index (χ2n) is 6.26. The highest BCUT2D eigenvalue weighted by Crippen LogP contribution is 2.12. The van der Waals surface area contributed by atoms with Gasteiger partial charge in [-0.15, -0.1) is 0 Å². The van der Waals surface area contributed by atoms with E-state index in [9.17, 15) is 4.79 Å². The third-order valence-electron chi connectivity index (χ3n) is 3.78. The maximum atomic E-state index is 10.6. The van der Waals surface area contributed by atoms with Gasteiger partial charge in [0.2, 0.25) is 5.91 Å². The van der Waals surface area contributed by atoms with Crippen molar-refractivity contribution in [3.05, 3.63) is 0 Å². The quantitative estimate of drug-likeness (QED) is 0.460. The minimum atomic E-state index is -0.157. The molecule has 0 heterocycles. The van der Waals surface area contributed by atoms with Crippen molar-refractivity contribution >= 4 is 5.91 Å². The lowest BCUT2D eigenvalue weighted by Crippen LogP contribution is -2.12. The zero-order valence-corrected chi connectivity index (χ0v) is 13.8. The number of unbranched alkanes of at least 4 members (excludes halogenated alkanes) is 11. The van der Waals surface area contributed by atoms with Crippen molar-refractivity contribution in [2.75, 3.05) is 20.6 Å². The summed E-state index contributed by atoms with van der Waals surface area (Å²) in [7, 11) is 4.29. The number of nitrogens with zero attached hydrogens (tertiary/aromatic N) is 1. The van der Waals surface area contributed by atoms with Crippen LogP contribution in [0.15, 0.2) is 0 Å². The fraction of sp³-hybridized carbons (Fsp3) is 0.941. The molecule has 0 fully saturated rings. The van der Waals surface area contributed by atoms with Crippen molar-refractivity contribution in [1.29, 1.82) is 0 Å². The molecule has 0 saturated carbocycles. The van der Waals surface area contributed by atoms with E-state index in [1.165, 1.54) is 70.8 Å². The van der Waals surface area contributed by atoms with Crippen LogP contribution in [-0.2, 0) is 4.79 Å². The lowest BCUT2D eigenvalue weighted by molar-refractivity contribution is -0.118. The summed E-state index contributed by atoms with van der Waals surface area (Å²) in [6, 6.07) is 0. The first-order chi connectivity index (χ1) is 9.63. The maximum Gasteiger partial charge on any atom is 0.217 e. The van der Waals surface area contributed by atoms with Gasteiger partial charge in [0.15, 0.2) is 0 Å². The molecule has 2 N–H and O–H groups in total. The molecule has 3 heteroatoms. The van der Waals surface area contributed by atoms with Gasteiger partial charge in [-0.3, -0.25) is 4.79 Å². The predicted molar refractivity (Wildman–Crippen MR) is 87.8 cm³/mol. The van der Waals surface area contributed by atoms with Crippen LogP contribution in [0.25, 0.3) is 0 Å².